The average molecular weight is 542 g/mol. The number of fused-ring (bicyclic) bond motifs is 2. The largest absolute Gasteiger partial charge is 0.489 e. The molecule has 0 bridgehead atoms. The molecular weight excluding hydrogens is 515 g/mol. The van der Waals surface area contributed by atoms with Gasteiger partial charge in [-0.15, -0.1) is 12.4 Å². The summed E-state index contributed by atoms with van der Waals surface area (Å²) >= 11 is 0. The van der Waals surface area contributed by atoms with Crippen molar-refractivity contribution in [3.05, 3.63) is 113 Å². The van der Waals surface area contributed by atoms with Crippen LogP contribution in [0.15, 0.2) is 84.9 Å². The molecule has 0 unspecified atom stereocenters. The minimum Gasteiger partial charge on any atom is -0.489 e. The highest BCUT2D eigenvalue weighted by Crippen LogP contribution is 2.42. The van der Waals surface area contributed by atoms with Crippen molar-refractivity contribution in [2.45, 2.75) is 37.6 Å². The van der Waals surface area contributed by atoms with E-state index in [1.54, 1.807) is 0 Å². The molecule has 198 valence electrons. The molecule has 1 aliphatic rings. The van der Waals surface area contributed by atoms with Crippen LogP contribution in [0.2, 0.25) is 0 Å². The summed E-state index contributed by atoms with van der Waals surface area (Å²) in [6, 6.07) is 25.2. The number of ether oxygens (including phenoxy) is 1. The average Bonchev–Trinajstić information content (AvgIpc) is 2.90. The maximum Gasteiger partial charge on any atom is 0.417 e. The molecule has 5 rings (SSSR count). The van der Waals surface area contributed by atoms with Gasteiger partial charge < -0.3 is 15.2 Å². The number of hydrogen-bond donors (Lipinski definition) is 2. The molecule has 1 heterocycles. The van der Waals surface area contributed by atoms with Gasteiger partial charge >= 0.3 is 12.1 Å². The lowest BCUT2D eigenvalue weighted by atomic mass is 9.83. The van der Waals surface area contributed by atoms with E-state index in [0.29, 0.717) is 24.3 Å². The molecule has 0 radical (unpaired) electrons. The zero-order chi connectivity index (χ0) is 26.2. The van der Waals surface area contributed by atoms with E-state index in [9.17, 15) is 23.1 Å². The van der Waals surface area contributed by atoms with E-state index in [4.69, 9.17) is 4.74 Å². The summed E-state index contributed by atoms with van der Waals surface area (Å²) in [6.45, 7) is 2.57. The van der Waals surface area contributed by atoms with Crippen molar-refractivity contribution in [2.24, 2.45) is 0 Å². The Labute approximate surface area is 224 Å². The Bertz CT molecular complexity index is 1450. The van der Waals surface area contributed by atoms with Gasteiger partial charge in [-0.2, -0.15) is 13.2 Å². The van der Waals surface area contributed by atoms with Crippen LogP contribution >= 0.6 is 12.4 Å². The molecule has 0 saturated carbocycles. The molecule has 8 heteroatoms. The van der Waals surface area contributed by atoms with E-state index >= 15 is 0 Å². The summed E-state index contributed by atoms with van der Waals surface area (Å²) in [7, 11) is 0. The lowest BCUT2D eigenvalue weighted by Gasteiger charge is -2.34. The standard InChI is InChI=1S/C30H26F3NO3.ClH/c1-18(22-11-6-8-19-7-2-3-9-23(19)22)34-17-21-16-26(24-10-4-5-12-28(24)37-21)20-13-14-25(29(35)36)27(15-20)30(31,32)33;/h2-15,18,21,26,34H,16-17H2,1H3,(H,35,36);1H/t18-,21-,26+;/m1./s1. The zero-order valence-corrected chi connectivity index (χ0v) is 21.4. The summed E-state index contributed by atoms with van der Waals surface area (Å²) in [5.74, 6) is -1.34. The van der Waals surface area contributed by atoms with Gasteiger partial charge in [0.25, 0.3) is 0 Å². The first-order valence-corrected chi connectivity index (χ1v) is 12.1. The van der Waals surface area contributed by atoms with Crippen molar-refractivity contribution in [1.29, 1.82) is 0 Å². The third kappa shape index (κ3) is 5.49. The molecule has 0 amide bonds. The third-order valence-corrected chi connectivity index (χ3v) is 7.01. The van der Waals surface area contributed by atoms with Crippen LogP contribution in [-0.2, 0) is 6.18 Å². The summed E-state index contributed by atoms with van der Waals surface area (Å²) in [4.78, 5) is 11.4. The summed E-state index contributed by atoms with van der Waals surface area (Å²) in [6.07, 6.45) is -4.61. The summed E-state index contributed by atoms with van der Waals surface area (Å²) in [5.41, 5.74) is 0.474. The van der Waals surface area contributed by atoms with E-state index in [-0.39, 0.29) is 30.5 Å². The Morgan fingerprint density at radius 3 is 2.50 bits per heavy atom. The van der Waals surface area contributed by atoms with Crippen LogP contribution in [0.25, 0.3) is 10.8 Å². The van der Waals surface area contributed by atoms with Gasteiger partial charge in [0.2, 0.25) is 0 Å². The highest BCUT2D eigenvalue weighted by Gasteiger charge is 2.37. The number of para-hydroxylation sites is 1. The second kappa shape index (κ2) is 11.1. The van der Waals surface area contributed by atoms with Gasteiger partial charge in [-0.25, -0.2) is 4.79 Å². The van der Waals surface area contributed by atoms with Gasteiger partial charge in [0.15, 0.2) is 0 Å². The lowest BCUT2D eigenvalue weighted by molar-refractivity contribution is -0.138. The normalized spacial score (nSPS) is 17.7. The number of nitrogens with one attached hydrogen (secondary N) is 1. The van der Waals surface area contributed by atoms with Crippen LogP contribution in [0.4, 0.5) is 13.2 Å². The highest BCUT2D eigenvalue weighted by atomic mass is 35.5. The van der Waals surface area contributed by atoms with Crippen LogP contribution in [0.5, 0.6) is 5.75 Å². The fraction of sp³-hybridized carbons (Fsp3) is 0.233. The van der Waals surface area contributed by atoms with Gasteiger partial charge in [-0.1, -0.05) is 66.7 Å². The van der Waals surface area contributed by atoms with Crippen molar-refractivity contribution in [3.8, 4) is 5.75 Å². The molecule has 4 nitrogen and oxygen atoms in total. The van der Waals surface area contributed by atoms with Crippen LogP contribution in [0.3, 0.4) is 0 Å². The van der Waals surface area contributed by atoms with E-state index in [1.807, 2.05) is 42.5 Å². The van der Waals surface area contributed by atoms with E-state index in [1.165, 1.54) is 6.07 Å². The molecule has 3 atom stereocenters. The maximum atomic E-state index is 13.7. The second-order valence-corrected chi connectivity index (χ2v) is 9.37. The molecule has 2 N–H and O–H groups in total. The maximum absolute atomic E-state index is 13.7. The first-order chi connectivity index (χ1) is 17.7. The number of benzene rings is 4. The molecule has 0 aromatic heterocycles. The Morgan fingerprint density at radius 2 is 1.74 bits per heavy atom. The molecule has 4 aromatic carbocycles. The van der Waals surface area contributed by atoms with Crippen LogP contribution in [0, 0.1) is 0 Å². The third-order valence-electron chi connectivity index (χ3n) is 7.01. The first-order valence-electron chi connectivity index (χ1n) is 12.1. The Kier molecular flexibility index (Phi) is 7.99. The summed E-state index contributed by atoms with van der Waals surface area (Å²) < 4.78 is 47.4. The number of alkyl halides is 3. The van der Waals surface area contributed by atoms with Gasteiger partial charge in [-0.3, -0.25) is 0 Å². The summed E-state index contributed by atoms with van der Waals surface area (Å²) in [5, 5.41) is 15.1. The minimum atomic E-state index is -4.77. The van der Waals surface area contributed by atoms with Crippen LogP contribution in [0.1, 0.15) is 57.9 Å². The number of aromatic carboxylic acids is 1. The van der Waals surface area contributed by atoms with Gasteiger partial charge in [0.1, 0.15) is 11.9 Å². The fourth-order valence-corrected chi connectivity index (χ4v) is 5.18. The molecule has 1 aliphatic heterocycles. The van der Waals surface area contributed by atoms with Crippen molar-refractivity contribution in [1.82, 2.24) is 5.32 Å². The monoisotopic (exact) mass is 541 g/mol. The topological polar surface area (TPSA) is 58.6 Å². The van der Waals surface area contributed by atoms with Crippen LogP contribution in [-0.4, -0.2) is 23.7 Å². The van der Waals surface area contributed by atoms with Crippen LogP contribution < -0.4 is 10.1 Å². The zero-order valence-electron chi connectivity index (χ0n) is 20.5. The molecule has 0 aliphatic carbocycles. The van der Waals surface area contributed by atoms with E-state index in [2.05, 4.69) is 36.5 Å². The Balaban J connectivity index is 0.00000336. The van der Waals surface area contributed by atoms with E-state index in [0.717, 1.165) is 34.0 Å². The van der Waals surface area contributed by atoms with Crippen molar-refractivity contribution >= 4 is 29.1 Å². The molecule has 4 aromatic rings. The van der Waals surface area contributed by atoms with Gasteiger partial charge in [0, 0.05) is 24.1 Å². The van der Waals surface area contributed by atoms with E-state index < -0.39 is 23.3 Å². The molecule has 38 heavy (non-hydrogen) atoms. The molecular formula is C30H27ClF3NO3. The Hall–Kier alpha value is -3.55. The molecule has 0 spiro atoms. The molecule has 0 saturated heterocycles. The number of rotatable bonds is 6. The SMILES string of the molecule is C[C@@H](NC[C@H]1C[C@@H](c2ccc(C(=O)O)c(C(F)(F)F)c2)c2ccccc2O1)c1cccc2ccccc12.Cl. The van der Waals surface area contributed by atoms with Gasteiger partial charge in [-0.05, 0) is 53.4 Å². The number of carboxylic acid groups (broad SMARTS) is 1. The number of carboxylic acids is 1. The quantitative estimate of drug-likeness (QED) is 0.264. The van der Waals surface area contributed by atoms with Crippen molar-refractivity contribution in [3.63, 3.8) is 0 Å². The number of halogens is 4. The fourth-order valence-electron chi connectivity index (χ4n) is 5.18. The lowest BCUT2D eigenvalue weighted by Crippen LogP contribution is -2.37. The number of carbonyl (C=O) groups is 1. The predicted molar refractivity (Wildman–Crippen MR) is 143 cm³/mol. The minimum absolute atomic E-state index is 0. The van der Waals surface area contributed by atoms with Gasteiger partial charge in [0.05, 0.1) is 11.1 Å². The highest BCUT2D eigenvalue weighted by molar-refractivity contribution is 5.90. The smallest absolute Gasteiger partial charge is 0.417 e. The molecule has 0 fully saturated rings. The Morgan fingerprint density at radius 1 is 1.03 bits per heavy atom. The first kappa shape index (κ1) is 27.5. The second-order valence-electron chi connectivity index (χ2n) is 9.37. The number of hydrogen-bond acceptors (Lipinski definition) is 3. The van der Waals surface area contributed by atoms with Crippen molar-refractivity contribution < 1.29 is 27.8 Å². The van der Waals surface area contributed by atoms with Crippen molar-refractivity contribution in [2.75, 3.05) is 6.54 Å². The predicted octanol–water partition coefficient (Wildman–Crippen LogP) is 7.61.